The normalized spacial score (nSPS) is 11.0. The molecule has 0 saturated heterocycles. The molecule has 0 aliphatic rings. The summed E-state index contributed by atoms with van der Waals surface area (Å²) in [7, 11) is 0. The Kier molecular flexibility index (Phi) is 3.21. The first-order valence-electron chi connectivity index (χ1n) is 6.54. The van der Waals surface area contributed by atoms with E-state index in [1.54, 1.807) is 6.92 Å². The van der Waals surface area contributed by atoms with Gasteiger partial charge in [-0.05, 0) is 19.1 Å². The maximum atomic E-state index is 13.7. The summed E-state index contributed by atoms with van der Waals surface area (Å²) in [6.45, 7) is 2.07. The highest BCUT2D eigenvalue weighted by Crippen LogP contribution is 2.14. The van der Waals surface area contributed by atoms with Crippen LogP contribution < -0.4 is 16.8 Å². The molecule has 3 rings (SSSR count). The van der Waals surface area contributed by atoms with Gasteiger partial charge in [-0.1, -0.05) is 6.07 Å². The number of aromatic amines is 2. The van der Waals surface area contributed by atoms with Crippen LogP contribution in [0.3, 0.4) is 0 Å². The zero-order valence-corrected chi connectivity index (χ0v) is 11.5. The summed E-state index contributed by atoms with van der Waals surface area (Å²) in [6.07, 6.45) is 1.31. The van der Waals surface area contributed by atoms with Gasteiger partial charge >= 0.3 is 5.69 Å². The molecule has 2 N–H and O–H groups in total. The van der Waals surface area contributed by atoms with E-state index in [1.165, 1.54) is 22.9 Å². The van der Waals surface area contributed by atoms with Crippen molar-refractivity contribution in [1.29, 1.82) is 0 Å². The lowest BCUT2D eigenvalue weighted by Gasteiger charge is -2.06. The van der Waals surface area contributed by atoms with Gasteiger partial charge in [0.15, 0.2) is 0 Å². The zero-order valence-electron chi connectivity index (χ0n) is 11.5. The number of nitrogens with one attached hydrogen (secondary N) is 2. The molecule has 3 aromatic rings. The summed E-state index contributed by atoms with van der Waals surface area (Å²) in [6, 6.07) is 4.05. The summed E-state index contributed by atoms with van der Waals surface area (Å²) in [5, 5.41) is -0.175. The third-order valence-corrected chi connectivity index (χ3v) is 3.29. The molecular formula is C14H11FN4O3. The number of rotatable bonds is 2. The highest BCUT2D eigenvalue weighted by atomic mass is 19.1. The van der Waals surface area contributed by atoms with Gasteiger partial charge in [0.1, 0.15) is 17.0 Å². The fourth-order valence-electron chi connectivity index (χ4n) is 2.19. The molecule has 0 radical (unpaired) electrons. The molecule has 1 aromatic carbocycles. The number of halogens is 1. The van der Waals surface area contributed by atoms with Gasteiger partial charge < -0.3 is 9.55 Å². The Balaban J connectivity index is 2.35. The quantitative estimate of drug-likeness (QED) is 0.724. The average Bonchev–Trinajstić information content (AvgIpc) is 2.47. The third kappa shape index (κ3) is 2.14. The predicted octanol–water partition coefficient (Wildman–Crippen LogP) is 0.599. The molecule has 0 aliphatic heterocycles. The molecule has 7 nitrogen and oxygen atoms in total. The van der Waals surface area contributed by atoms with Gasteiger partial charge in [0.25, 0.3) is 11.1 Å². The SMILES string of the molecule is CCn1cc(-c2nc3cccc(F)c3c(=O)[nH]2)c(=O)[nH]c1=O. The molecule has 2 aromatic heterocycles. The van der Waals surface area contributed by atoms with E-state index >= 15 is 0 Å². The lowest BCUT2D eigenvalue weighted by molar-refractivity contribution is 0.638. The van der Waals surface area contributed by atoms with Crippen LogP contribution in [0.15, 0.2) is 38.8 Å². The van der Waals surface area contributed by atoms with E-state index in [0.29, 0.717) is 6.54 Å². The lowest BCUT2D eigenvalue weighted by Crippen LogP contribution is -2.30. The summed E-state index contributed by atoms with van der Waals surface area (Å²) in [4.78, 5) is 44.1. The van der Waals surface area contributed by atoms with Crippen molar-refractivity contribution in [3.8, 4) is 11.4 Å². The molecular weight excluding hydrogens is 291 g/mol. The van der Waals surface area contributed by atoms with Crippen molar-refractivity contribution in [2.24, 2.45) is 0 Å². The van der Waals surface area contributed by atoms with E-state index in [4.69, 9.17) is 0 Å². The van der Waals surface area contributed by atoms with Gasteiger partial charge in [0, 0.05) is 12.7 Å². The van der Waals surface area contributed by atoms with Gasteiger partial charge in [0.2, 0.25) is 0 Å². The molecule has 0 unspecified atom stereocenters. The van der Waals surface area contributed by atoms with Gasteiger partial charge in [-0.2, -0.15) is 0 Å². The van der Waals surface area contributed by atoms with Crippen molar-refractivity contribution in [2.45, 2.75) is 13.5 Å². The fraction of sp³-hybridized carbons (Fsp3) is 0.143. The number of benzene rings is 1. The zero-order chi connectivity index (χ0) is 15.9. The molecule has 0 atom stereocenters. The monoisotopic (exact) mass is 302 g/mol. The smallest absolute Gasteiger partial charge is 0.306 e. The van der Waals surface area contributed by atoms with E-state index in [-0.39, 0.29) is 22.3 Å². The molecule has 22 heavy (non-hydrogen) atoms. The first-order valence-corrected chi connectivity index (χ1v) is 6.54. The minimum Gasteiger partial charge on any atom is -0.306 e. The number of nitrogens with zero attached hydrogens (tertiary/aromatic N) is 2. The lowest BCUT2D eigenvalue weighted by atomic mass is 10.2. The maximum absolute atomic E-state index is 13.7. The Hall–Kier alpha value is -3.03. The molecule has 0 bridgehead atoms. The second-order valence-corrected chi connectivity index (χ2v) is 4.64. The van der Waals surface area contributed by atoms with Crippen LogP contribution in [0.25, 0.3) is 22.3 Å². The van der Waals surface area contributed by atoms with Crippen molar-refractivity contribution >= 4 is 10.9 Å². The predicted molar refractivity (Wildman–Crippen MR) is 78.3 cm³/mol. The van der Waals surface area contributed by atoms with E-state index in [1.807, 2.05) is 0 Å². The minimum absolute atomic E-state index is 0.0217. The average molecular weight is 302 g/mol. The number of H-pyrrole nitrogens is 2. The molecule has 2 heterocycles. The summed E-state index contributed by atoms with van der Waals surface area (Å²) >= 11 is 0. The Labute approximate surface area is 122 Å². The number of fused-ring (bicyclic) bond motifs is 1. The maximum Gasteiger partial charge on any atom is 0.328 e. The largest absolute Gasteiger partial charge is 0.328 e. The number of aromatic nitrogens is 4. The highest BCUT2D eigenvalue weighted by molar-refractivity contribution is 5.79. The highest BCUT2D eigenvalue weighted by Gasteiger charge is 2.13. The van der Waals surface area contributed by atoms with Crippen LogP contribution >= 0.6 is 0 Å². The van der Waals surface area contributed by atoms with Crippen LogP contribution in [-0.4, -0.2) is 19.5 Å². The van der Waals surface area contributed by atoms with Crippen LogP contribution in [-0.2, 0) is 6.54 Å². The van der Waals surface area contributed by atoms with E-state index in [9.17, 15) is 18.8 Å². The second kappa shape index (κ2) is 5.06. The first-order chi connectivity index (χ1) is 10.5. The van der Waals surface area contributed by atoms with Gasteiger partial charge in [-0.25, -0.2) is 14.2 Å². The van der Waals surface area contributed by atoms with Crippen LogP contribution in [0.1, 0.15) is 6.92 Å². The number of hydrogen-bond donors (Lipinski definition) is 2. The Morgan fingerprint density at radius 2 is 1.95 bits per heavy atom. The minimum atomic E-state index is -0.690. The van der Waals surface area contributed by atoms with E-state index < -0.39 is 22.6 Å². The first kappa shape index (κ1) is 13.9. The molecule has 0 fully saturated rings. The molecule has 0 spiro atoms. The van der Waals surface area contributed by atoms with Crippen molar-refractivity contribution in [2.75, 3.05) is 0 Å². The molecule has 0 amide bonds. The van der Waals surface area contributed by atoms with Crippen LogP contribution in [0.5, 0.6) is 0 Å². The second-order valence-electron chi connectivity index (χ2n) is 4.64. The molecule has 112 valence electrons. The summed E-state index contributed by atoms with van der Waals surface area (Å²) in [5.74, 6) is -0.711. The fourth-order valence-corrected chi connectivity index (χ4v) is 2.19. The van der Waals surface area contributed by atoms with Crippen LogP contribution in [0.2, 0.25) is 0 Å². The molecule has 8 heteroatoms. The Morgan fingerprint density at radius 1 is 1.18 bits per heavy atom. The van der Waals surface area contributed by atoms with Crippen molar-refractivity contribution < 1.29 is 4.39 Å². The topological polar surface area (TPSA) is 101 Å². The van der Waals surface area contributed by atoms with Gasteiger partial charge in [0.05, 0.1) is 11.1 Å². The van der Waals surface area contributed by atoms with E-state index in [0.717, 1.165) is 6.07 Å². The summed E-state index contributed by atoms with van der Waals surface area (Å²) in [5.41, 5.74) is -1.75. The Bertz CT molecular complexity index is 1050. The van der Waals surface area contributed by atoms with Crippen molar-refractivity contribution in [1.82, 2.24) is 19.5 Å². The molecule has 0 saturated carbocycles. The van der Waals surface area contributed by atoms with Crippen LogP contribution in [0.4, 0.5) is 4.39 Å². The van der Waals surface area contributed by atoms with Crippen molar-refractivity contribution in [3.63, 3.8) is 0 Å². The van der Waals surface area contributed by atoms with Gasteiger partial charge in [-0.3, -0.25) is 14.6 Å². The van der Waals surface area contributed by atoms with Crippen LogP contribution in [0, 0.1) is 5.82 Å². The Morgan fingerprint density at radius 3 is 2.68 bits per heavy atom. The number of aryl methyl sites for hydroxylation is 1. The third-order valence-electron chi connectivity index (χ3n) is 3.29. The summed E-state index contributed by atoms with van der Waals surface area (Å²) < 4.78 is 14.9. The standard InChI is InChI=1S/C14H11FN4O3/c1-2-19-6-7(12(20)18-14(19)22)11-16-9-5-3-4-8(15)10(9)13(21)17-11/h3-6H,2H2,1H3,(H,16,17,21)(H,18,20,22). The van der Waals surface area contributed by atoms with Gasteiger partial charge in [-0.15, -0.1) is 0 Å². The molecule has 0 aliphatic carbocycles. The number of hydrogen-bond acceptors (Lipinski definition) is 4. The van der Waals surface area contributed by atoms with E-state index in [2.05, 4.69) is 15.0 Å². The van der Waals surface area contributed by atoms with Crippen molar-refractivity contribution in [3.05, 3.63) is 61.4 Å².